The van der Waals surface area contributed by atoms with E-state index in [4.69, 9.17) is 5.11 Å². The van der Waals surface area contributed by atoms with E-state index in [0.29, 0.717) is 12.5 Å². The summed E-state index contributed by atoms with van der Waals surface area (Å²) in [5.74, 6) is -0.318. The third-order valence-electron chi connectivity index (χ3n) is 3.60. The lowest BCUT2D eigenvalue weighted by Gasteiger charge is -2.31. The Bertz CT molecular complexity index is 440. The molecular formula is C14H21N3O2. The molecule has 1 saturated heterocycles. The molecule has 0 bridgehead atoms. The Morgan fingerprint density at radius 3 is 2.53 bits per heavy atom. The van der Waals surface area contributed by atoms with Crippen molar-refractivity contribution in [1.82, 2.24) is 9.97 Å². The molecule has 0 spiro atoms. The van der Waals surface area contributed by atoms with Crippen LogP contribution in [0, 0.1) is 5.92 Å². The molecule has 2 heterocycles. The molecule has 0 amide bonds. The van der Waals surface area contributed by atoms with E-state index in [0.717, 1.165) is 43.6 Å². The normalized spacial score (nSPS) is 19.5. The molecule has 2 rings (SSSR count). The van der Waals surface area contributed by atoms with Crippen LogP contribution in [0.15, 0.2) is 6.07 Å². The van der Waals surface area contributed by atoms with E-state index in [1.807, 2.05) is 11.0 Å². The van der Waals surface area contributed by atoms with E-state index in [9.17, 15) is 4.79 Å². The molecule has 1 aromatic rings. The summed E-state index contributed by atoms with van der Waals surface area (Å²) >= 11 is 0. The second kappa shape index (κ2) is 5.99. The molecule has 0 saturated carbocycles. The van der Waals surface area contributed by atoms with Gasteiger partial charge in [0, 0.05) is 24.5 Å². The Morgan fingerprint density at radius 2 is 2.00 bits per heavy atom. The molecule has 1 atom stereocenters. The van der Waals surface area contributed by atoms with Crippen molar-refractivity contribution in [3.05, 3.63) is 17.5 Å². The predicted octanol–water partition coefficient (Wildman–Crippen LogP) is 1.90. The van der Waals surface area contributed by atoms with Crippen LogP contribution in [-0.2, 0) is 17.6 Å². The van der Waals surface area contributed by atoms with Crippen LogP contribution in [0.5, 0.6) is 0 Å². The Balaban J connectivity index is 2.22. The molecule has 0 aromatic carbocycles. The first kappa shape index (κ1) is 13.8. The number of carbonyl (C=O) groups is 1. The van der Waals surface area contributed by atoms with E-state index in [2.05, 4.69) is 23.8 Å². The monoisotopic (exact) mass is 263 g/mol. The first-order valence-electron chi connectivity index (χ1n) is 6.98. The summed E-state index contributed by atoms with van der Waals surface area (Å²) in [6.07, 6.45) is 3.38. The van der Waals surface area contributed by atoms with Crippen molar-refractivity contribution >= 4 is 11.9 Å². The highest BCUT2D eigenvalue weighted by Crippen LogP contribution is 2.21. The van der Waals surface area contributed by atoms with Gasteiger partial charge in [0.2, 0.25) is 5.95 Å². The van der Waals surface area contributed by atoms with Crippen LogP contribution in [0.1, 0.15) is 38.1 Å². The largest absolute Gasteiger partial charge is 0.481 e. The minimum absolute atomic E-state index is 0.298. The van der Waals surface area contributed by atoms with Crippen molar-refractivity contribution in [2.75, 3.05) is 18.0 Å². The summed E-state index contributed by atoms with van der Waals surface area (Å²) in [4.78, 5) is 22.2. The van der Waals surface area contributed by atoms with Crippen molar-refractivity contribution in [2.45, 2.75) is 39.5 Å². The Labute approximate surface area is 113 Å². The summed E-state index contributed by atoms with van der Waals surface area (Å²) < 4.78 is 0. The lowest BCUT2D eigenvalue weighted by atomic mass is 9.99. The quantitative estimate of drug-likeness (QED) is 0.898. The Kier molecular flexibility index (Phi) is 4.35. The van der Waals surface area contributed by atoms with Crippen LogP contribution < -0.4 is 4.90 Å². The van der Waals surface area contributed by atoms with Gasteiger partial charge in [-0.15, -0.1) is 0 Å². The van der Waals surface area contributed by atoms with Gasteiger partial charge in [0.1, 0.15) is 0 Å². The number of aliphatic carboxylic acids is 1. The standard InChI is InChI=1S/C14H21N3O2/c1-3-11-8-12(4-2)16-14(15-11)17-7-5-6-10(9-17)13(18)19/h8,10H,3-7,9H2,1-2H3,(H,18,19). The first-order chi connectivity index (χ1) is 9.13. The number of aromatic nitrogens is 2. The molecule has 1 aliphatic rings. The Morgan fingerprint density at radius 1 is 1.37 bits per heavy atom. The fourth-order valence-corrected chi connectivity index (χ4v) is 2.40. The molecule has 1 unspecified atom stereocenters. The zero-order valence-electron chi connectivity index (χ0n) is 11.6. The van der Waals surface area contributed by atoms with Gasteiger partial charge >= 0.3 is 5.97 Å². The number of anilines is 1. The third-order valence-corrected chi connectivity index (χ3v) is 3.60. The molecular weight excluding hydrogens is 242 g/mol. The smallest absolute Gasteiger partial charge is 0.308 e. The van der Waals surface area contributed by atoms with E-state index in [-0.39, 0.29) is 5.92 Å². The molecule has 0 aliphatic carbocycles. The van der Waals surface area contributed by atoms with Crippen molar-refractivity contribution in [3.63, 3.8) is 0 Å². The minimum Gasteiger partial charge on any atom is -0.481 e. The highest BCUT2D eigenvalue weighted by molar-refractivity contribution is 5.71. The molecule has 5 heteroatoms. The van der Waals surface area contributed by atoms with Gasteiger partial charge in [0.25, 0.3) is 0 Å². The second-order valence-electron chi connectivity index (χ2n) is 4.98. The van der Waals surface area contributed by atoms with Crippen LogP contribution in [-0.4, -0.2) is 34.1 Å². The third kappa shape index (κ3) is 3.22. The average Bonchev–Trinajstić information content (AvgIpc) is 2.46. The maximum atomic E-state index is 11.1. The van der Waals surface area contributed by atoms with Crippen molar-refractivity contribution in [2.24, 2.45) is 5.92 Å². The van der Waals surface area contributed by atoms with Gasteiger partial charge in [0.05, 0.1) is 5.92 Å². The summed E-state index contributed by atoms with van der Waals surface area (Å²) in [7, 11) is 0. The maximum Gasteiger partial charge on any atom is 0.308 e. The SMILES string of the molecule is CCc1cc(CC)nc(N2CCCC(C(=O)O)C2)n1. The minimum atomic E-state index is -0.716. The fourth-order valence-electron chi connectivity index (χ4n) is 2.40. The van der Waals surface area contributed by atoms with Gasteiger partial charge < -0.3 is 10.0 Å². The number of aryl methyl sites for hydroxylation is 2. The van der Waals surface area contributed by atoms with Gasteiger partial charge in [-0.2, -0.15) is 0 Å². The van der Waals surface area contributed by atoms with Crippen molar-refractivity contribution < 1.29 is 9.90 Å². The summed E-state index contributed by atoms with van der Waals surface area (Å²) in [6, 6.07) is 2.03. The number of rotatable bonds is 4. The lowest BCUT2D eigenvalue weighted by molar-refractivity contribution is -0.141. The van der Waals surface area contributed by atoms with Crippen molar-refractivity contribution in [3.8, 4) is 0 Å². The Hall–Kier alpha value is -1.65. The molecule has 1 aliphatic heterocycles. The van der Waals surface area contributed by atoms with E-state index < -0.39 is 5.97 Å². The summed E-state index contributed by atoms with van der Waals surface area (Å²) in [5, 5.41) is 9.14. The number of carboxylic acid groups (broad SMARTS) is 1. The lowest BCUT2D eigenvalue weighted by Crippen LogP contribution is -2.39. The summed E-state index contributed by atoms with van der Waals surface area (Å²) in [6.45, 7) is 5.51. The molecule has 1 fully saturated rings. The van der Waals surface area contributed by atoms with Crippen LogP contribution in [0.3, 0.4) is 0 Å². The number of piperidine rings is 1. The zero-order chi connectivity index (χ0) is 13.8. The maximum absolute atomic E-state index is 11.1. The molecule has 1 aromatic heterocycles. The van der Waals surface area contributed by atoms with Gasteiger partial charge in [-0.05, 0) is 31.7 Å². The van der Waals surface area contributed by atoms with Crippen LogP contribution in [0.25, 0.3) is 0 Å². The summed E-state index contributed by atoms with van der Waals surface area (Å²) in [5.41, 5.74) is 2.05. The van der Waals surface area contributed by atoms with E-state index in [1.165, 1.54) is 0 Å². The number of hydrogen-bond acceptors (Lipinski definition) is 4. The van der Waals surface area contributed by atoms with Gasteiger partial charge in [-0.3, -0.25) is 4.79 Å². The van der Waals surface area contributed by atoms with Gasteiger partial charge in [-0.25, -0.2) is 9.97 Å². The molecule has 5 nitrogen and oxygen atoms in total. The highest BCUT2D eigenvalue weighted by atomic mass is 16.4. The van der Waals surface area contributed by atoms with Crippen LogP contribution in [0.2, 0.25) is 0 Å². The zero-order valence-corrected chi connectivity index (χ0v) is 11.6. The number of hydrogen-bond donors (Lipinski definition) is 1. The van der Waals surface area contributed by atoms with E-state index >= 15 is 0 Å². The number of carboxylic acids is 1. The van der Waals surface area contributed by atoms with Gasteiger partial charge in [0.15, 0.2) is 0 Å². The van der Waals surface area contributed by atoms with Crippen molar-refractivity contribution in [1.29, 1.82) is 0 Å². The highest BCUT2D eigenvalue weighted by Gasteiger charge is 2.26. The molecule has 0 radical (unpaired) electrons. The number of nitrogens with zero attached hydrogens (tertiary/aromatic N) is 3. The fraction of sp³-hybridized carbons (Fsp3) is 0.643. The van der Waals surface area contributed by atoms with Gasteiger partial charge in [-0.1, -0.05) is 13.8 Å². The van der Waals surface area contributed by atoms with Crippen LogP contribution >= 0.6 is 0 Å². The second-order valence-corrected chi connectivity index (χ2v) is 4.98. The molecule has 1 N–H and O–H groups in total. The average molecular weight is 263 g/mol. The molecule has 19 heavy (non-hydrogen) atoms. The predicted molar refractivity (Wildman–Crippen MR) is 73.4 cm³/mol. The molecule has 104 valence electrons. The van der Waals surface area contributed by atoms with Crippen LogP contribution in [0.4, 0.5) is 5.95 Å². The van der Waals surface area contributed by atoms with E-state index in [1.54, 1.807) is 0 Å². The topological polar surface area (TPSA) is 66.3 Å². The first-order valence-corrected chi connectivity index (χ1v) is 6.98.